The molecule has 0 aliphatic heterocycles. The molecule has 162 valence electrons. The number of ether oxygens (including phenoxy) is 1. The van der Waals surface area contributed by atoms with Crippen molar-refractivity contribution < 1.29 is 9.53 Å². The third-order valence-electron chi connectivity index (χ3n) is 6.25. The van der Waals surface area contributed by atoms with Crippen LogP contribution >= 0.6 is 0 Å². The molecule has 4 heteroatoms. The number of hydrogen-bond acceptors (Lipinski definition) is 3. The molecule has 1 amide bonds. The second-order valence-electron chi connectivity index (χ2n) is 8.48. The summed E-state index contributed by atoms with van der Waals surface area (Å²) < 4.78 is 6.14. The van der Waals surface area contributed by atoms with Crippen molar-refractivity contribution in [3.05, 3.63) is 83.4 Å². The number of amides is 1. The zero-order valence-corrected chi connectivity index (χ0v) is 18.4. The summed E-state index contributed by atoms with van der Waals surface area (Å²) in [5.41, 5.74) is 1.91. The second kappa shape index (κ2) is 10.2. The van der Waals surface area contributed by atoms with Gasteiger partial charge in [0.2, 0.25) is 0 Å². The van der Waals surface area contributed by atoms with Crippen LogP contribution in [0.4, 0.5) is 0 Å². The Bertz CT molecular complexity index is 1160. The van der Waals surface area contributed by atoms with Gasteiger partial charge in [0.15, 0.2) is 0 Å². The van der Waals surface area contributed by atoms with Crippen molar-refractivity contribution in [1.82, 2.24) is 5.32 Å². The maximum atomic E-state index is 13.0. The SMILES string of the molecule is C[C@H]1CCCC[C@@H]1NC(=O)/C(C#N)=C/c1c(OCc2ccccc2)ccc2ccccc12. The fourth-order valence-corrected chi connectivity index (χ4v) is 4.36. The highest BCUT2D eigenvalue weighted by Gasteiger charge is 2.24. The van der Waals surface area contributed by atoms with Gasteiger partial charge in [-0.2, -0.15) is 5.26 Å². The van der Waals surface area contributed by atoms with Crippen molar-refractivity contribution >= 4 is 22.8 Å². The molecule has 32 heavy (non-hydrogen) atoms. The lowest BCUT2D eigenvalue weighted by Crippen LogP contribution is -2.41. The number of fused-ring (bicyclic) bond motifs is 1. The van der Waals surface area contributed by atoms with Gasteiger partial charge in [-0.25, -0.2) is 0 Å². The average Bonchev–Trinajstić information content (AvgIpc) is 2.83. The molecule has 0 radical (unpaired) electrons. The van der Waals surface area contributed by atoms with Crippen molar-refractivity contribution in [1.29, 1.82) is 5.26 Å². The third-order valence-corrected chi connectivity index (χ3v) is 6.25. The summed E-state index contributed by atoms with van der Waals surface area (Å²) >= 11 is 0. The van der Waals surface area contributed by atoms with Crippen molar-refractivity contribution in [2.24, 2.45) is 5.92 Å². The molecule has 1 saturated carbocycles. The van der Waals surface area contributed by atoms with Crippen LogP contribution in [0.25, 0.3) is 16.8 Å². The zero-order chi connectivity index (χ0) is 22.3. The Labute approximate surface area is 189 Å². The highest BCUT2D eigenvalue weighted by Crippen LogP contribution is 2.31. The molecule has 2 atom stereocenters. The van der Waals surface area contributed by atoms with Crippen molar-refractivity contribution in [3.63, 3.8) is 0 Å². The maximum absolute atomic E-state index is 13.0. The second-order valence-corrected chi connectivity index (χ2v) is 8.48. The molecular weight excluding hydrogens is 396 g/mol. The Morgan fingerprint density at radius 2 is 1.81 bits per heavy atom. The minimum Gasteiger partial charge on any atom is -0.488 e. The highest BCUT2D eigenvalue weighted by molar-refractivity contribution is 6.05. The number of nitriles is 1. The average molecular weight is 425 g/mol. The first-order valence-corrected chi connectivity index (χ1v) is 11.3. The molecule has 3 aromatic rings. The normalized spacial score (nSPS) is 18.7. The first-order valence-electron chi connectivity index (χ1n) is 11.3. The highest BCUT2D eigenvalue weighted by atomic mass is 16.5. The van der Waals surface area contributed by atoms with E-state index in [9.17, 15) is 10.1 Å². The van der Waals surface area contributed by atoms with E-state index in [1.807, 2.05) is 66.7 Å². The third kappa shape index (κ3) is 5.00. The monoisotopic (exact) mass is 424 g/mol. The topological polar surface area (TPSA) is 62.1 Å². The fourth-order valence-electron chi connectivity index (χ4n) is 4.36. The van der Waals surface area contributed by atoms with Gasteiger partial charge < -0.3 is 10.1 Å². The Balaban J connectivity index is 1.66. The van der Waals surface area contributed by atoms with Gasteiger partial charge in [0, 0.05) is 11.6 Å². The lowest BCUT2D eigenvalue weighted by atomic mass is 9.86. The molecule has 3 aromatic carbocycles. The number of carbonyl (C=O) groups is 1. The fraction of sp³-hybridized carbons (Fsp3) is 0.286. The van der Waals surface area contributed by atoms with Crippen LogP contribution in [-0.2, 0) is 11.4 Å². The summed E-state index contributed by atoms with van der Waals surface area (Å²) in [5.74, 6) is 0.766. The summed E-state index contributed by atoms with van der Waals surface area (Å²) in [5, 5.41) is 14.9. The van der Waals surface area contributed by atoms with Crippen LogP contribution in [0.2, 0.25) is 0 Å². The summed E-state index contributed by atoms with van der Waals surface area (Å²) in [6, 6.07) is 24.0. The first kappa shape index (κ1) is 21.6. The summed E-state index contributed by atoms with van der Waals surface area (Å²) in [6.07, 6.45) is 6.06. The van der Waals surface area contributed by atoms with Crippen LogP contribution < -0.4 is 10.1 Å². The van der Waals surface area contributed by atoms with E-state index < -0.39 is 0 Å². The van der Waals surface area contributed by atoms with Crippen molar-refractivity contribution in [3.8, 4) is 11.8 Å². The largest absolute Gasteiger partial charge is 0.488 e. The van der Waals surface area contributed by atoms with Crippen molar-refractivity contribution in [2.75, 3.05) is 0 Å². The lowest BCUT2D eigenvalue weighted by Gasteiger charge is -2.29. The standard InChI is InChI=1S/C28H28N2O2/c1-20-9-5-8-14-26(20)30-28(31)23(18-29)17-25-24-13-7-6-12-22(24)15-16-27(25)32-19-21-10-3-2-4-11-21/h2-4,6-7,10-13,15-17,20,26H,5,8-9,14,19H2,1H3,(H,30,31)/b23-17+/t20-,26-/m0/s1. The molecule has 0 unspecified atom stereocenters. The van der Waals surface area contributed by atoms with Gasteiger partial charge in [0.1, 0.15) is 24.0 Å². The Kier molecular flexibility index (Phi) is 6.87. The number of nitrogens with one attached hydrogen (secondary N) is 1. The summed E-state index contributed by atoms with van der Waals surface area (Å²) in [4.78, 5) is 13.0. The van der Waals surface area contributed by atoms with Gasteiger partial charge in [0.25, 0.3) is 5.91 Å². The number of carbonyl (C=O) groups excluding carboxylic acids is 1. The van der Waals surface area contributed by atoms with Crippen LogP contribution in [0.1, 0.15) is 43.7 Å². The molecule has 4 rings (SSSR count). The molecule has 1 aliphatic carbocycles. The molecule has 4 nitrogen and oxygen atoms in total. The lowest BCUT2D eigenvalue weighted by molar-refractivity contribution is -0.118. The quantitative estimate of drug-likeness (QED) is 0.389. The molecule has 1 aliphatic rings. The minimum absolute atomic E-state index is 0.101. The van der Waals surface area contributed by atoms with E-state index in [1.165, 1.54) is 6.42 Å². The Morgan fingerprint density at radius 1 is 1.06 bits per heavy atom. The summed E-state index contributed by atoms with van der Waals surface area (Å²) in [7, 11) is 0. The van der Waals surface area contributed by atoms with Gasteiger partial charge in [0.05, 0.1) is 0 Å². The van der Waals surface area contributed by atoms with Gasteiger partial charge in [-0.05, 0) is 47.2 Å². The van der Waals surface area contributed by atoms with E-state index >= 15 is 0 Å². The Hall–Kier alpha value is -3.58. The number of benzene rings is 3. The van der Waals surface area contributed by atoms with E-state index in [1.54, 1.807) is 6.08 Å². The van der Waals surface area contributed by atoms with E-state index in [0.29, 0.717) is 18.3 Å². The molecule has 0 spiro atoms. The van der Waals surface area contributed by atoms with E-state index in [-0.39, 0.29) is 17.5 Å². The van der Waals surface area contributed by atoms with Crippen LogP contribution in [0, 0.1) is 17.2 Å². The first-order chi connectivity index (χ1) is 15.7. The number of rotatable bonds is 6. The van der Waals surface area contributed by atoms with Crippen LogP contribution in [0.15, 0.2) is 72.3 Å². The van der Waals surface area contributed by atoms with E-state index in [2.05, 4.69) is 18.3 Å². The van der Waals surface area contributed by atoms with Gasteiger partial charge >= 0.3 is 0 Å². The van der Waals surface area contributed by atoms with E-state index in [4.69, 9.17) is 4.74 Å². The predicted molar refractivity (Wildman–Crippen MR) is 128 cm³/mol. The van der Waals surface area contributed by atoms with Crippen LogP contribution in [-0.4, -0.2) is 11.9 Å². The maximum Gasteiger partial charge on any atom is 0.262 e. The molecule has 0 saturated heterocycles. The molecule has 0 bridgehead atoms. The van der Waals surface area contributed by atoms with Crippen LogP contribution in [0.3, 0.4) is 0 Å². The van der Waals surface area contributed by atoms with Gasteiger partial charge in [-0.1, -0.05) is 80.4 Å². The van der Waals surface area contributed by atoms with Crippen LogP contribution in [0.5, 0.6) is 5.75 Å². The molecular formula is C28H28N2O2. The molecule has 0 heterocycles. The van der Waals surface area contributed by atoms with Gasteiger partial charge in [-0.15, -0.1) is 0 Å². The Morgan fingerprint density at radius 3 is 2.59 bits per heavy atom. The smallest absolute Gasteiger partial charge is 0.262 e. The minimum atomic E-state index is -0.312. The van der Waals surface area contributed by atoms with E-state index in [0.717, 1.165) is 41.2 Å². The molecule has 1 fully saturated rings. The predicted octanol–water partition coefficient (Wildman–Crippen LogP) is 6.02. The zero-order valence-electron chi connectivity index (χ0n) is 18.4. The molecule has 0 aromatic heterocycles. The number of hydrogen-bond donors (Lipinski definition) is 1. The molecule has 1 N–H and O–H groups in total. The van der Waals surface area contributed by atoms with Crippen molar-refractivity contribution in [2.45, 2.75) is 45.3 Å². The van der Waals surface area contributed by atoms with Gasteiger partial charge in [-0.3, -0.25) is 4.79 Å². The summed E-state index contributed by atoms with van der Waals surface area (Å²) in [6.45, 7) is 2.58. The number of nitrogens with zero attached hydrogens (tertiary/aromatic N) is 1.